The molecule has 0 bridgehead atoms. The number of fused-ring (bicyclic) bond motifs is 1. The van der Waals surface area contributed by atoms with Crippen LogP contribution in [0.25, 0.3) is 5.69 Å². The molecule has 8 heteroatoms. The SMILES string of the molecule is COc1ccccc1-n1cc(CN2CCn3nc(C(O)CO)cc3C2)cn1. The van der Waals surface area contributed by atoms with Gasteiger partial charge in [0.15, 0.2) is 0 Å². The average molecular weight is 369 g/mol. The number of nitrogens with zero attached hydrogens (tertiary/aromatic N) is 5. The second kappa shape index (κ2) is 7.51. The summed E-state index contributed by atoms with van der Waals surface area (Å²) in [6, 6.07) is 9.66. The van der Waals surface area contributed by atoms with Crippen LogP contribution in [0.1, 0.15) is 23.1 Å². The van der Waals surface area contributed by atoms with E-state index in [1.807, 2.05) is 52.1 Å². The monoisotopic (exact) mass is 369 g/mol. The van der Waals surface area contributed by atoms with E-state index in [-0.39, 0.29) is 6.61 Å². The summed E-state index contributed by atoms with van der Waals surface area (Å²) in [5.41, 5.74) is 3.59. The molecule has 2 aromatic heterocycles. The fraction of sp³-hybridized carbons (Fsp3) is 0.368. The third kappa shape index (κ3) is 3.59. The summed E-state index contributed by atoms with van der Waals surface area (Å²) in [6.07, 6.45) is 2.97. The Morgan fingerprint density at radius 1 is 1.26 bits per heavy atom. The molecule has 2 N–H and O–H groups in total. The van der Waals surface area contributed by atoms with Gasteiger partial charge in [-0.3, -0.25) is 9.58 Å². The number of rotatable bonds is 6. The summed E-state index contributed by atoms with van der Waals surface area (Å²) >= 11 is 0. The maximum Gasteiger partial charge on any atom is 0.144 e. The van der Waals surface area contributed by atoms with Crippen LogP contribution in [-0.4, -0.2) is 54.9 Å². The highest BCUT2D eigenvalue weighted by atomic mass is 16.5. The quantitative estimate of drug-likeness (QED) is 0.677. The van der Waals surface area contributed by atoms with Crippen molar-refractivity contribution in [3.05, 3.63) is 59.7 Å². The van der Waals surface area contributed by atoms with Gasteiger partial charge in [0.05, 0.1) is 37.8 Å². The molecule has 1 atom stereocenters. The zero-order valence-corrected chi connectivity index (χ0v) is 15.2. The second-order valence-electron chi connectivity index (χ2n) is 6.66. The van der Waals surface area contributed by atoms with Gasteiger partial charge in [0, 0.05) is 31.4 Å². The number of hydrogen-bond acceptors (Lipinski definition) is 6. The predicted octanol–water partition coefficient (Wildman–Crippen LogP) is 1.12. The number of para-hydroxylation sites is 2. The van der Waals surface area contributed by atoms with E-state index < -0.39 is 6.10 Å². The number of aromatic nitrogens is 4. The Bertz CT molecular complexity index is 920. The molecular formula is C19H23N5O3. The van der Waals surface area contributed by atoms with Crippen molar-refractivity contribution in [2.24, 2.45) is 0 Å². The Hall–Kier alpha value is -2.68. The molecule has 0 aliphatic carbocycles. The van der Waals surface area contributed by atoms with Gasteiger partial charge in [-0.1, -0.05) is 12.1 Å². The minimum absolute atomic E-state index is 0.317. The van der Waals surface area contributed by atoms with Gasteiger partial charge in [0.1, 0.15) is 17.5 Å². The van der Waals surface area contributed by atoms with Crippen LogP contribution in [0.15, 0.2) is 42.7 Å². The Balaban J connectivity index is 1.46. The Labute approximate surface area is 157 Å². The number of hydrogen-bond donors (Lipinski definition) is 2. The van der Waals surface area contributed by atoms with Crippen LogP contribution >= 0.6 is 0 Å². The first-order chi connectivity index (χ1) is 13.2. The van der Waals surface area contributed by atoms with Crippen molar-refractivity contribution in [1.82, 2.24) is 24.5 Å². The standard InChI is InChI=1S/C19H23N5O3/c1-27-19-5-3-2-4-17(19)24-11-14(9-20-24)10-22-6-7-23-15(12-22)8-16(21-23)18(26)13-25/h2-5,8-9,11,18,25-26H,6-7,10,12-13H2,1H3. The third-order valence-corrected chi connectivity index (χ3v) is 4.78. The Morgan fingerprint density at radius 3 is 2.93 bits per heavy atom. The summed E-state index contributed by atoms with van der Waals surface area (Å²) in [4.78, 5) is 2.32. The molecule has 0 fully saturated rings. The number of methoxy groups -OCH3 is 1. The van der Waals surface area contributed by atoms with Gasteiger partial charge >= 0.3 is 0 Å². The molecule has 3 aromatic rings. The van der Waals surface area contributed by atoms with Crippen LogP contribution in [0.5, 0.6) is 5.75 Å². The number of aliphatic hydroxyl groups is 2. The molecule has 1 aromatic carbocycles. The summed E-state index contributed by atoms with van der Waals surface area (Å²) in [6.45, 7) is 2.82. The molecule has 4 rings (SSSR count). The van der Waals surface area contributed by atoms with Crippen LogP contribution in [0.2, 0.25) is 0 Å². The molecule has 1 aliphatic heterocycles. The number of benzene rings is 1. The van der Waals surface area contributed by atoms with Gasteiger partial charge in [-0.15, -0.1) is 0 Å². The van der Waals surface area contributed by atoms with Gasteiger partial charge in [-0.2, -0.15) is 10.2 Å². The summed E-state index contributed by atoms with van der Waals surface area (Å²) in [5, 5.41) is 27.7. The van der Waals surface area contributed by atoms with Gasteiger partial charge in [0.2, 0.25) is 0 Å². The van der Waals surface area contributed by atoms with Crippen molar-refractivity contribution in [3.63, 3.8) is 0 Å². The highest BCUT2D eigenvalue weighted by Gasteiger charge is 2.21. The zero-order chi connectivity index (χ0) is 18.8. The van der Waals surface area contributed by atoms with E-state index in [1.165, 1.54) is 0 Å². The van der Waals surface area contributed by atoms with Gasteiger partial charge < -0.3 is 14.9 Å². The van der Waals surface area contributed by atoms with Gasteiger partial charge in [-0.25, -0.2) is 4.68 Å². The van der Waals surface area contributed by atoms with Gasteiger partial charge in [0.25, 0.3) is 0 Å². The van der Waals surface area contributed by atoms with E-state index in [0.717, 1.165) is 48.9 Å². The first-order valence-corrected chi connectivity index (χ1v) is 8.93. The second-order valence-corrected chi connectivity index (χ2v) is 6.66. The van der Waals surface area contributed by atoms with Crippen LogP contribution in [-0.2, 0) is 19.6 Å². The average Bonchev–Trinajstić information content (AvgIpc) is 3.34. The van der Waals surface area contributed by atoms with Crippen molar-refractivity contribution in [3.8, 4) is 11.4 Å². The van der Waals surface area contributed by atoms with E-state index in [4.69, 9.17) is 9.84 Å². The molecule has 27 heavy (non-hydrogen) atoms. The number of ether oxygens (including phenoxy) is 1. The molecule has 142 valence electrons. The van der Waals surface area contributed by atoms with Crippen LogP contribution in [0.3, 0.4) is 0 Å². The maximum atomic E-state index is 9.77. The molecule has 0 saturated heterocycles. The zero-order valence-electron chi connectivity index (χ0n) is 15.2. The van der Waals surface area contributed by atoms with Crippen molar-refractivity contribution < 1.29 is 14.9 Å². The first-order valence-electron chi connectivity index (χ1n) is 8.93. The van der Waals surface area contributed by atoms with Crippen LogP contribution < -0.4 is 4.74 Å². The lowest BCUT2D eigenvalue weighted by Crippen LogP contribution is -2.33. The predicted molar refractivity (Wildman–Crippen MR) is 98.5 cm³/mol. The lowest BCUT2D eigenvalue weighted by atomic mass is 10.2. The highest BCUT2D eigenvalue weighted by Crippen LogP contribution is 2.23. The highest BCUT2D eigenvalue weighted by molar-refractivity contribution is 5.46. The molecule has 3 heterocycles. The van der Waals surface area contributed by atoms with E-state index in [0.29, 0.717) is 5.69 Å². The number of aliphatic hydroxyl groups excluding tert-OH is 2. The van der Waals surface area contributed by atoms with E-state index >= 15 is 0 Å². The van der Waals surface area contributed by atoms with E-state index in [9.17, 15) is 5.11 Å². The molecule has 0 amide bonds. The molecule has 1 unspecified atom stereocenters. The summed E-state index contributed by atoms with van der Waals surface area (Å²) in [7, 11) is 1.65. The van der Waals surface area contributed by atoms with Crippen LogP contribution in [0.4, 0.5) is 0 Å². The molecule has 0 spiro atoms. The van der Waals surface area contributed by atoms with Gasteiger partial charge in [-0.05, 0) is 18.2 Å². The minimum atomic E-state index is -0.921. The fourth-order valence-corrected chi connectivity index (χ4v) is 3.38. The summed E-state index contributed by atoms with van der Waals surface area (Å²) < 4.78 is 9.15. The van der Waals surface area contributed by atoms with E-state index in [1.54, 1.807) is 7.11 Å². The lowest BCUT2D eigenvalue weighted by molar-refractivity contribution is 0.0915. The smallest absolute Gasteiger partial charge is 0.144 e. The van der Waals surface area contributed by atoms with Crippen molar-refractivity contribution in [1.29, 1.82) is 0 Å². The first kappa shape index (κ1) is 17.7. The van der Waals surface area contributed by atoms with Crippen molar-refractivity contribution in [2.75, 3.05) is 20.3 Å². The van der Waals surface area contributed by atoms with Crippen molar-refractivity contribution in [2.45, 2.75) is 25.7 Å². The van der Waals surface area contributed by atoms with Crippen molar-refractivity contribution >= 4 is 0 Å². The maximum absolute atomic E-state index is 9.77. The topological polar surface area (TPSA) is 88.6 Å². The third-order valence-electron chi connectivity index (χ3n) is 4.78. The largest absolute Gasteiger partial charge is 0.494 e. The Morgan fingerprint density at radius 2 is 2.11 bits per heavy atom. The fourth-order valence-electron chi connectivity index (χ4n) is 3.38. The lowest BCUT2D eigenvalue weighted by Gasteiger charge is -2.26. The Kier molecular flexibility index (Phi) is 4.93. The molecule has 0 saturated carbocycles. The molecular weight excluding hydrogens is 346 g/mol. The normalized spacial score (nSPS) is 15.5. The minimum Gasteiger partial charge on any atom is -0.494 e. The summed E-state index contributed by atoms with van der Waals surface area (Å²) in [5.74, 6) is 0.781. The van der Waals surface area contributed by atoms with Crippen LogP contribution in [0, 0.1) is 0 Å². The molecule has 8 nitrogen and oxygen atoms in total. The van der Waals surface area contributed by atoms with E-state index in [2.05, 4.69) is 15.1 Å². The molecule has 1 aliphatic rings. The molecule has 0 radical (unpaired) electrons.